The number of carbonyl (C=O) groups excluding carboxylic acids is 1. The van der Waals surface area contributed by atoms with E-state index in [2.05, 4.69) is 15.3 Å². The van der Waals surface area contributed by atoms with Crippen LogP contribution in [-0.4, -0.2) is 37.3 Å². The lowest BCUT2D eigenvalue weighted by molar-refractivity contribution is -0.174. The summed E-state index contributed by atoms with van der Waals surface area (Å²) in [5.41, 5.74) is -1.13. The zero-order chi connectivity index (χ0) is 20.8. The number of carbonyl (C=O) groups is 1. The number of aryl methyl sites for hydroxylation is 1. The van der Waals surface area contributed by atoms with Crippen LogP contribution in [0.25, 0.3) is 11.2 Å². The molecule has 27 heavy (non-hydrogen) atoms. The van der Waals surface area contributed by atoms with Gasteiger partial charge in [0, 0.05) is 5.54 Å². The SMILES string of the molecule is Cc1cc2nc(NC(=O)CC(C)(O)CC(F)(F)F)n(C(C)(C)C)c2nc1Cl. The summed E-state index contributed by atoms with van der Waals surface area (Å²) in [5, 5.41) is 12.7. The molecule has 0 aliphatic rings. The molecule has 0 bridgehead atoms. The first kappa shape index (κ1) is 21.4. The van der Waals surface area contributed by atoms with E-state index in [1.54, 1.807) is 17.6 Å². The van der Waals surface area contributed by atoms with E-state index in [1.807, 2.05) is 20.8 Å². The average molecular weight is 407 g/mol. The average Bonchev–Trinajstić information content (AvgIpc) is 2.71. The summed E-state index contributed by atoms with van der Waals surface area (Å²) in [5.74, 6) is -0.660. The van der Waals surface area contributed by atoms with Crippen molar-refractivity contribution in [1.29, 1.82) is 0 Å². The molecule has 0 aliphatic carbocycles. The Morgan fingerprint density at radius 2 is 1.85 bits per heavy atom. The molecule has 0 radical (unpaired) electrons. The smallest absolute Gasteiger partial charge is 0.389 e. The topological polar surface area (TPSA) is 80.0 Å². The van der Waals surface area contributed by atoms with Crippen LogP contribution in [0.1, 0.15) is 46.1 Å². The number of nitrogens with one attached hydrogen (secondary N) is 1. The first-order valence-corrected chi connectivity index (χ1v) is 8.62. The van der Waals surface area contributed by atoms with Crippen molar-refractivity contribution in [2.45, 2.75) is 64.8 Å². The lowest BCUT2D eigenvalue weighted by Crippen LogP contribution is -2.36. The van der Waals surface area contributed by atoms with Gasteiger partial charge in [0.15, 0.2) is 5.65 Å². The fourth-order valence-electron chi connectivity index (χ4n) is 2.81. The summed E-state index contributed by atoms with van der Waals surface area (Å²) in [4.78, 5) is 20.9. The zero-order valence-corrected chi connectivity index (χ0v) is 16.5. The van der Waals surface area contributed by atoms with Gasteiger partial charge in [-0.1, -0.05) is 11.6 Å². The summed E-state index contributed by atoms with van der Waals surface area (Å²) >= 11 is 6.09. The van der Waals surface area contributed by atoms with Crippen molar-refractivity contribution in [1.82, 2.24) is 14.5 Å². The number of imidazole rings is 1. The monoisotopic (exact) mass is 406 g/mol. The molecule has 0 fully saturated rings. The van der Waals surface area contributed by atoms with Crippen LogP contribution < -0.4 is 5.32 Å². The minimum absolute atomic E-state index is 0.125. The van der Waals surface area contributed by atoms with Crippen molar-refractivity contribution < 1.29 is 23.1 Å². The molecule has 1 unspecified atom stereocenters. The molecule has 2 N–H and O–H groups in total. The number of rotatable bonds is 4. The van der Waals surface area contributed by atoms with Crippen LogP contribution in [0.3, 0.4) is 0 Å². The number of hydrogen-bond donors (Lipinski definition) is 2. The van der Waals surface area contributed by atoms with E-state index in [9.17, 15) is 23.1 Å². The van der Waals surface area contributed by atoms with Crippen molar-refractivity contribution in [3.8, 4) is 0 Å². The summed E-state index contributed by atoms with van der Waals surface area (Å²) in [6.07, 6.45) is -6.80. The van der Waals surface area contributed by atoms with Crippen LogP contribution >= 0.6 is 11.6 Å². The van der Waals surface area contributed by atoms with E-state index >= 15 is 0 Å². The second-order valence-corrected chi connectivity index (χ2v) is 8.25. The minimum Gasteiger partial charge on any atom is -0.389 e. The van der Waals surface area contributed by atoms with E-state index in [-0.39, 0.29) is 5.95 Å². The standard InChI is InChI=1S/C17H22ClF3N4O2/c1-9-6-10-13(24-12(9)18)25(15(2,3)4)14(22-10)23-11(26)7-16(5,27)8-17(19,20)21/h6,27H,7-8H2,1-5H3,(H,22,23,26). The van der Waals surface area contributed by atoms with Crippen LogP contribution in [0, 0.1) is 6.92 Å². The number of fused-ring (bicyclic) bond motifs is 1. The quantitative estimate of drug-likeness (QED) is 0.746. The van der Waals surface area contributed by atoms with Crippen LogP contribution in [-0.2, 0) is 10.3 Å². The van der Waals surface area contributed by atoms with Crippen molar-refractivity contribution in [3.63, 3.8) is 0 Å². The van der Waals surface area contributed by atoms with Gasteiger partial charge in [-0.15, -0.1) is 0 Å². The first-order valence-electron chi connectivity index (χ1n) is 8.24. The number of pyridine rings is 1. The second-order valence-electron chi connectivity index (χ2n) is 7.89. The maximum absolute atomic E-state index is 12.5. The molecular weight excluding hydrogens is 385 g/mol. The molecule has 1 amide bonds. The Morgan fingerprint density at radius 1 is 1.26 bits per heavy atom. The molecule has 2 aromatic rings. The molecule has 2 heterocycles. The number of hydrogen-bond acceptors (Lipinski definition) is 4. The molecule has 6 nitrogen and oxygen atoms in total. The van der Waals surface area contributed by atoms with Gasteiger partial charge in [0.2, 0.25) is 11.9 Å². The number of aromatic nitrogens is 3. The van der Waals surface area contributed by atoms with Crippen molar-refractivity contribution >= 4 is 34.6 Å². The molecule has 10 heteroatoms. The molecule has 0 spiro atoms. The minimum atomic E-state index is -4.58. The van der Waals surface area contributed by atoms with E-state index in [0.29, 0.717) is 21.9 Å². The first-order chi connectivity index (χ1) is 12.1. The summed E-state index contributed by atoms with van der Waals surface area (Å²) in [6, 6.07) is 1.71. The van der Waals surface area contributed by atoms with Gasteiger partial charge in [-0.25, -0.2) is 9.97 Å². The largest absolute Gasteiger partial charge is 0.391 e. The van der Waals surface area contributed by atoms with Gasteiger partial charge in [0.1, 0.15) is 10.7 Å². The Hall–Kier alpha value is -1.87. The molecule has 0 saturated carbocycles. The van der Waals surface area contributed by atoms with Crippen molar-refractivity contribution in [2.24, 2.45) is 0 Å². The molecule has 0 saturated heterocycles. The van der Waals surface area contributed by atoms with Gasteiger partial charge in [0.05, 0.1) is 18.4 Å². The summed E-state index contributed by atoms with van der Waals surface area (Å²) < 4.78 is 39.2. The Kier molecular flexibility index (Phi) is 5.51. The van der Waals surface area contributed by atoms with Gasteiger partial charge in [-0.05, 0) is 46.2 Å². The number of halogens is 4. The summed E-state index contributed by atoms with van der Waals surface area (Å²) in [6.45, 7) is 8.31. The van der Waals surface area contributed by atoms with Crippen LogP contribution in [0.15, 0.2) is 6.07 Å². The normalized spacial score (nSPS) is 15.0. The molecule has 2 aromatic heterocycles. The molecule has 2 rings (SSSR count). The Morgan fingerprint density at radius 3 is 2.37 bits per heavy atom. The van der Waals surface area contributed by atoms with Crippen LogP contribution in [0.2, 0.25) is 5.15 Å². The maximum atomic E-state index is 12.5. The third kappa shape index (κ3) is 5.32. The van der Waals surface area contributed by atoms with Gasteiger partial charge < -0.3 is 5.11 Å². The van der Waals surface area contributed by atoms with Gasteiger partial charge in [-0.3, -0.25) is 14.7 Å². The van der Waals surface area contributed by atoms with Crippen molar-refractivity contribution in [2.75, 3.05) is 5.32 Å². The highest BCUT2D eigenvalue weighted by atomic mass is 35.5. The van der Waals surface area contributed by atoms with Gasteiger partial charge >= 0.3 is 6.18 Å². The van der Waals surface area contributed by atoms with E-state index in [1.165, 1.54) is 0 Å². The van der Waals surface area contributed by atoms with E-state index in [4.69, 9.17) is 11.6 Å². The van der Waals surface area contributed by atoms with Gasteiger partial charge in [-0.2, -0.15) is 13.2 Å². The molecule has 150 valence electrons. The molecule has 0 aliphatic heterocycles. The number of alkyl halides is 3. The predicted octanol–water partition coefficient (Wildman–Crippen LogP) is 4.18. The Bertz CT molecular complexity index is 870. The number of anilines is 1. The van der Waals surface area contributed by atoms with E-state index in [0.717, 1.165) is 6.92 Å². The highest BCUT2D eigenvalue weighted by Crippen LogP contribution is 2.31. The van der Waals surface area contributed by atoms with Crippen molar-refractivity contribution in [3.05, 3.63) is 16.8 Å². The predicted molar refractivity (Wildman–Crippen MR) is 96.8 cm³/mol. The number of aliphatic hydroxyl groups is 1. The van der Waals surface area contributed by atoms with Crippen LogP contribution in [0.5, 0.6) is 0 Å². The Labute approximate surface area is 159 Å². The lowest BCUT2D eigenvalue weighted by atomic mass is 9.97. The molecular formula is C17H22ClF3N4O2. The highest BCUT2D eigenvalue weighted by molar-refractivity contribution is 6.30. The number of amides is 1. The fourth-order valence-corrected chi connectivity index (χ4v) is 2.94. The fraction of sp³-hybridized carbons (Fsp3) is 0.588. The zero-order valence-electron chi connectivity index (χ0n) is 15.7. The third-order valence-electron chi connectivity index (χ3n) is 3.81. The van der Waals surface area contributed by atoms with Crippen LogP contribution in [0.4, 0.5) is 19.1 Å². The third-order valence-corrected chi connectivity index (χ3v) is 4.19. The lowest BCUT2D eigenvalue weighted by Gasteiger charge is -2.26. The molecule has 1 atom stereocenters. The van der Waals surface area contributed by atoms with Gasteiger partial charge in [0.25, 0.3) is 0 Å². The maximum Gasteiger partial charge on any atom is 0.391 e. The number of nitrogens with zero attached hydrogens (tertiary/aromatic N) is 3. The molecule has 0 aromatic carbocycles. The Balaban J connectivity index is 2.37. The summed E-state index contributed by atoms with van der Waals surface area (Å²) in [7, 11) is 0. The van der Waals surface area contributed by atoms with E-state index < -0.39 is 36.1 Å². The second kappa shape index (κ2) is 6.94. The highest BCUT2D eigenvalue weighted by Gasteiger charge is 2.39.